The Labute approximate surface area is 223 Å². The van der Waals surface area contributed by atoms with Gasteiger partial charge in [0.2, 0.25) is 5.95 Å². The number of rotatable bonds is 10. The summed E-state index contributed by atoms with van der Waals surface area (Å²) in [6, 6.07) is 7.40. The summed E-state index contributed by atoms with van der Waals surface area (Å²) in [6.45, 7) is 3.22. The predicted molar refractivity (Wildman–Crippen MR) is 147 cm³/mol. The van der Waals surface area contributed by atoms with Gasteiger partial charge in [-0.1, -0.05) is 24.3 Å². The Balaban J connectivity index is 1.54. The number of hydrogen-bond donors (Lipinski definition) is 1. The van der Waals surface area contributed by atoms with Crippen LogP contribution in [0.25, 0.3) is 16.7 Å². The van der Waals surface area contributed by atoms with E-state index < -0.39 is 5.92 Å². The summed E-state index contributed by atoms with van der Waals surface area (Å²) < 4.78 is 40.1. The van der Waals surface area contributed by atoms with Crippen LogP contribution in [0.4, 0.5) is 14.7 Å². The van der Waals surface area contributed by atoms with Crippen molar-refractivity contribution in [2.24, 2.45) is 4.99 Å². The molecule has 198 valence electrons. The zero-order valence-corrected chi connectivity index (χ0v) is 22.3. The number of anilines is 1. The number of nitrogen functional groups attached to an aromatic ring is 1. The first-order valence-corrected chi connectivity index (χ1v) is 12.6. The molecule has 4 rings (SSSR count). The minimum atomic E-state index is -2.98. The molecular weight excluding hydrogens is 510 g/mol. The van der Waals surface area contributed by atoms with E-state index in [-0.39, 0.29) is 11.6 Å². The third kappa shape index (κ3) is 6.05. The maximum atomic E-state index is 13.5. The van der Waals surface area contributed by atoms with Crippen molar-refractivity contribution in [2.45, 2.75) is 32.9 Å². The van der Waals surface area contributed by atoms with E-state index in [1.807, 2.05) is 47.9 Å². The zero-order chi connectivity index (χ0) is 27.3. The van der Waals surface area contributed by atoms with Crippen molar-refractivity contribution in [3.63, 3.8) is 0 Å². The molecule has 0 saturated carbocycles. The lowest BCUT2D eigenvalue weighted by Crippen LogP contribution is -2.07. The highest BCUT2D eigenvalue weighted by atomic mass is 32.1. The van der Waals surface area contributed by atoms with Crippen molar-refractivity contribution < 1.29 is 18.3 Å². The van der Waals surface area contributed by atoms with Crippen LogP contribution in [0.5, 0.6) is 11.5 Å². The number of pyridine rings is 1. The van der Waals surface area contributed by atoms with Crippen molar-refractivity contribution in [2.75, 3.05) is 19.9 Å². The number of aromatic nitrogens is 4. The van der Waals surface area contributed by atoms with Crippen molar-refractivity contribution >= 4 is 40.2 Å². The highest BCUT2D eigenvalue weighted by Crippen LogP contribution is 2.32. The van der Waals surface area contributed by atoms with E-state index in [1.54, 1.807) is 30.9 Å². The number of benzene rings is 1. The van der Waals surface area contributed by atoms with Crippen molar-refractivity contribution in [1.29, 1.82) is 0 Å². The summed E-state index contributed by atoms with van der Waals surface area (Å²) in [5, 5.41) is 1.32. The molecule has 0 aliphatic heterocycles. The van der Waals surface area contributed by atoms with Gasteiger partial charge in [0.1, 0.15) is 12.1 Å². The van der Waals surface area contributed by atoms with Crippen molar-refractivity contribution in [3.8, 4) is 11.5 Å². The summed E-state index contributed by atoms with van der Waals surface area (Å²) in [5.74, 6) is -1.68. The molecule has 38 heavy (non-hydrogen) atoms. The number of thiazole rings is 1. The maximum Gasteiger partial charge on any atom is 0.296 e. The second-order valence-electron chi connectivity index (χ2n) is 8.46. The molecule has 0 unspecified atom stereocenters. The van der Waals surface area contributed by atoms with E-state index in [1.165, 1.54) is 7.11 Å². The van der Waals surface area contributed by atoms with Crippen LogP contribution in [0.3, 0.4) is 0 Å². The molecule has 1 aromatic carbocycles. The molecule has 3 aromatic heterocycles. The summed E-state index contributed by atoms with van der Waals surface area (Å²) in [5.41, 5.74) is 10.7. The fourth-order valence-electron chi connectivity index (χ4n) is 3.73. The molecule has 0 radical (unpaired) electrons. The van der Waals surface area contributed by atoms with E-state index in [4.69, 9.17) is 15.2 Å². The number of hydrogen-bond acceptors (Lipinski definition) is 8. The van der Waals surface area contributed by atoms with E-state index in [0.717, 1.165) is 35.0 Å². The van der Waals surface area contributed by atoms with Gasteiger partial charge in [-0.05, 0) is 30.7 Å². The van der Waals surface area contributed by atoms with Gasteiger partial charge in [0.25, 0.3) is 5.92 Å². The molecule has 0 spiro atoms. The second kappa shape index (κ2) is 11.5. The van der Waals surface area contributed by atoms with Gasteiger partial charge in [-0.15, -0.1) is 11.3 Å². The third-order valence-corrected chi connectivity index (χ3v) is 6.62. The van der Waals surface area contributed by atoms with Gasteiger partial charge in [-0.25, -0.2) is 15.0 Å². The number of halogens is 2. The number of imidazole rings is 1. The Morgan fingerprint density at radius 3 is 2.74 bits per heavy atom. The molecule has 4 aromatic rings. The van der Waals surface area contributed by atoms with Crippen LogP contribution in [-0.2, 0) is 19.1 Å². The highest BCUT2D eigenvalue weighted by molar-refractivity contribution is 7.09. The molecule has 3 heterocycles. The first-order chi connectivity index (χ1) is 18.2. The lowest BCUT2D eigenvalue weighted by Gasteiger charge is -2.13. The Bertz CT molecular complexity index is 1520. The average molecular weight is 539 g/mol. The number of ether oxygens (including phenoxy) is 2. The van der Waals surface area contributed by atoms with Crippen molar-refractivity contribution in [1.82, 2.24) is 19.5 Å². The van der Waals surface area contributed by atoms with Crippen LogP contribution in [0, 0.1) is 0 Å². The van der Waals surface area contributed by atoms with E-state index >= 15 is 0 Å². The maximum absolute atomic E-state index is 13.5. The van der Waals surface area contributed by atoms with Crippen LogP contribution in [0.15, 0.2) is 59.1 Å². The topological polar surface area (TPSA) is 100 Å². The monoisotopic (exact) mass is 538 g/mol. The number of aliphatic imine (C=N–C) groups is 1. The van der Waals surface area contributed by atoms with Gasteiger partial charge in [0.05, 0.1) is 19.3 Å². The molecule has 11 heteroatoms. The molecule has 0 amide bonds. The smallest absolute Gasteiger partial charge is 0.296 e. The Morgan fingerprint density at radius 2 is 2.05 bits per heavy atom. The van der Waals surface area contributed by atoms with Crippen LogP contribution in [0.1, 0.15) is 35.7 Å². The number of alkyl halides is 2. The normalized spacial score (nSPS) is 12.7. The lowest BCUT2D eigenvalue weighted by atomic mass is 10.1. The van der Waals surface area contributed by atoms with Gasteiger partial charge in [-0.3, -0.25) is 9.56 Å². The zero-order valence-electron chi connectivity index (χ0n) is 21.5. The van der Waals surface area contributed by atoms with Crippen LogP contribution in [-0.4, -0.2) is 39.9 Å². The molecule has 0 aliphatic rings. The Hall–Kier alpha value is -4.12. The number of nitrogens with two attached hydrogens (primary N) is 1. The third-order valence-electron chi connectivity index (χ3n) is 5.56. The SMILES string of the molecule is C/C=C/C=C(\C=N/C)c1cnc2c(c1)nc(N)n2Cc1ccc(OCc2csc(C(C)(F)F)n2)c(OC)c1. The second-order valence-corrected chi connectivity index (χ2v) is 9.32. The number of nitrogens with zero attached hydrogens (tertiary/aromatic N) is 5. The largest absolute Gasteiger partial charge is 0.493 e. The quantitative estimate of drug-likeness (QED) is 0.200. The fourth-order valence-corrected chi connectivity index (χ4v) is 4.48. The highest BCUT2D eigenvalue weighted by Gasteiger charge is 2.28. The lowest BCUT2D eigenvalue weighted by molar-refractivity contribution is 0.0169. The molecule has 0 aliphatic carbocycles. The van der Waals surface area contributed by atoms with Gasteiger partial charge in [0.15, 0.2) is 22.2 Å². The Morgan fingerprint density at radius 1 is 1.24 bits per heavy atom. The fraction of sp³-hybridized carbons (Fsp3) is 0.259. The number of allylic oxidation sites excluding steroid dienone is 4. The van der Waals surface area contributed by atoms with Gasteiger partial charge >= 0.3 is 0 Å². The predicted octanol–water partition coefficient (Wildman–Crippen LogP) is 5.88. The first kappa shape index (κ1) is 26.9. The summed E-state index contributed by atoms with van der Waals surface area (Å²) >= 11 is 0.905. The molecular formula is C27H28F2N6O2S. The van der Waals surface area contributed by atoms with Gasteiger partial charge in [-0.2, -0.15) is 8.78 Å². The Kier molecular flexibility index (Phi) is 8.16. The molecule has 8 nitrogen and oxygen atoms in total. The summed E-state index contributed by atoms with van der Waals surface area (Å²) in [4.78, 5) is 17.2. The minimum absolute atomic E-state index is 0.0425. The molecule has 2 N–H and O–H groups in total. The van der Waals surface area contributed by atoms with Gasteiger partial charge in [0, 0.05) is 42.9 Å². The van der Waals surface area contributed by atoms with Crippen molar-refractivity contribution in [3.05, 3.63) is 75.9 Å². The standard InChI is InChI=1S/C27H28F2N6O2S/c1-5-6-7-18(12-31-3)19-11-21-24(32-13-19)35(26(30)34-21)14-17-8-9-22(23(10-17)36-4)37-15-20-16-38-25(33-20)27(2,28)29/h5-13,16H,14-15H2,1-4H3,(H2,30,34)/b6-5+,18-7+,31-12-. The summed E-state index contributed by atoms with van der Waals surface area (Å²) in [6.07, 6.45) is 9.37. The average Bonchev–Trinajstić information content (AvgIpc) is 3.50. The number of methoxy groups -OCH3 is 1. The van der Waals surface area contributed by atoms with E-state index in [0.29, 0.717) is 40.8 Å². The minimum Gasteiger partial charge on any atom is -0.493 e. The van der Waals surface area contributed by atoms with E-state index in [2.05, 4.69) is 19.9 Å². The van der Waals surface area contributed by atoms with Crippen LogP contribution < -0.4 is 15.2 Å². The van der Waals surface area contributed by atoms with E-state index in [9.17, 15) is 8.78 Å². The number of fused-ring (bicyclic) bond motifs is 1. The summed E-state index contributed by atoms with van der Waals surface area (Å²) in [7, 11) is 3.25. The van der Waals surface area contributed by atoms with Crippen LogP contribution >= 0.6 is 11.3 Å². The van der Waals surface area contributed by atoms with Gasteiger partial charge < -0.3 is 15.2 Å². The first-order valence-electron chi connectivity index (χ1n) is 11.7. The van der Waals surface area contributed by atoms with Crippen LogP contribution in [0.2, 0.25) is 0 Å². The molecule has 0 saturated heterocycles. The molecule has 0 atom stereocenters. The molecule has 0 fully saturated rings. The molecule has 0 bridgehead atoms.